The lowest BCUT2D eigenvalue weighted by molar-refractivity contribution is 0.0663. The zero-order chi connectivity index (χ0) is 15.5. The summed E-state index contributed by atoms with van der Waals surface area (Å²) in [5, 5.41) is 3.96. The number of hydrogen-bond donors (Lipinski definition) is 0. The van der Waals surface area contributed by atoms with Crippen molar-refractivity contribution in [2.24, 2.45) is 0 Å². The average Bonchev–Trinajstić information content (AvgIpc) is 3.05. The Bertz CT molecular complexity index is 639. The van der Waals surface area contributed by atoms with Gasteiger partial charge in [-0.1, -0.05) is 19.0 Å². The van der Waals surface area contributed by atoms with Gasteiger partial charge >= 0.3 is 0 Å². The minimum Gasteiger partial charge on any atom is -0.351 e. The summed E-state index contributed by atoms with van der Waals surface area (Å²) in [6.07, 6.45) is 7.12. The van der Waals surface area contributed by atoms with Crippen LogP contribution in [-0.4, -0.2) is 39.0 Å². The first-order valence-corrected chi connectivity index (χ1v) is 7.67. The van der Waals surface area contributed by atoms with Crippen LogP contribution < -0.4 is 0 Å². The van der Waals surface area contributed by atoms with Crippen molar-refractivity contribution in [3.8, 4) is 0 Å². The molecule has 1 saturated heterocycles. The molecule has 116 valence electrons. The van der Waals surface area contributed by atoms with Gasteiger partial charge in [-0.25, -0.2) is 0 Å². The largest absolute Gasteiger partial charge is 0.351 e. The number of nitrogens with zero attached hydrogens (tertiary/aromatic N) is 4. The first-order valence-electron chi connectivity index (χ1n) is 7.67. The second-order valence-electron chi connectivity index (χ2n) is 5.99. The van der Waals surface area contributed by atoms with Crippen LogP contribution in [0.1, 0.15) is 60.5 Å². The van der Waals surface area contributed by atoms with Gasteiger partial charge < -0.3 is 9.42 Å². The molecule has 0 saturated carbocycles. The monoisotopic (exact) mass is 300 g/mol. The van der Waals surface area contributed by atoms with E-state index in [0.717, 1.165) is 30.8 Å². The summed E-state index contributed by atoms with van der Waals surface area (Å²) in [7, 11) is 0. The zero-order valence-corrected chi connectivity index (χ0v) is 12.9. The topological polar surface area (TPSA) is 72.1 Å². The van der Waals surface area contributed by atoms with Crippen molar-refractivity contribution in [3.05, 3.63) is 41.8 Å². The fourth-order valence-corrected chi connectivity index (χ4v) is 2.74. The third-order valence-corrected chi connectivity index (χ3v) is 4.04. The van der Waals surface area contributed by atoms with Gasteiger partial charge in [0, 0.05) is 43.7 Å². The Morgan fingerprint density at radius 3 is 2.95 bits per heavy atom. The Hall–Kier alpha value is -2.24. The van der Waals surface area contributed by atoms with E-state index < -0.39 is 0 Å². The van der Waals surface area contributed by atoms with Crippen LogP contribution in [0, 0.1) is 0 Å². The zero-order valence-electron chi connectivity index (χ0n) is 12.9. The standard InChI is InChI=1S/C16H20N4O2/c1-11(2)13-8-15(22-19-13)16(21)20-7-3-4-12(10-20)14-9-17-5-6-18-14/h5-6,8-9,11-12H,3-4,7,10H2,1-2H3/t12-/m1/s1. The molecule has 0 aliphatic carbocycles. The van der Waals surface area contributed by atoms with E-state index in [1.54, 1.807) is 24.7 Å². The second-order valence-corrected chi connectivity index (χ2v) is 5.99. The van der Waals surface area contributed by atoms with E-state index in [-0.39, 0.29) is 17.7 Å². The van der Waals surface area contributed by atoms with Gasteiger partial charge in [0.25, 0.3) is 5.91 Å². The number of rotatable bonds is 3. The van der Waals surface area contributed by atoms with Crippen LogP contribution in [0.3, 0.4) is 0 Å². The predicted molar refractivity (Wildman–Crippen MR) is 80.5 cm³/mol. The van der Waals surface area contributed by atoms with Gasteiger partial charge in [-0.2, -0.15) is 0 Å². The van der Waals surface area contributed by atoms with Crippen LogP contribution in [0.2, 0.25) is 0 Å². The van der Waals surface area contributed by atoms with E-state index >= 15 is 0 Å². The molecule has 3 heterocycles. The smallest absolute Gasteiger partial charge is 0.292 e. The van der Waals surface area contributed by atoms with Gasteiger partial charge in [0.2, 0.25) is 5.76 Å². The van der Waals surface area contributed by atoms with Crippen molar-refractivity contribution >= 4 is 5.91 Å². The molecule has 0 radical (unpaired) electrons. The Morgan fingerprint density at radius 2 is 2.27 bits per heavy atom. The second kappa shape index (κ2) is 6.25. The Labute approximate surface area is 129 Å². The first-order chi connectivity index (χ1) is 10.6. The minimum atomic E-state index is -0.0898. The van der Waals surface area contributed by atoms with E-state index in [9.17, 15) is 4.79 Å². The van der Waals surface area contributed by atoms with Crippen LogP contribution in [0.5, 0.6) is 0 Å². The maximum atomic E-state index is 12.6. The van der Waals surface area contributed by atoms with Crippen LogP contribution in [0.4, 0.5) is 0 Å². The van der Waals surface area contributed by atoms with Crippen LogP contribution >= 0.6 is 0 Å². The SMILES string of the molecule is CC(C)c1cc(C(=O)N2CCC[C@@H](c3cnccn3)C2)on1. The number of carbonyl (C=O) groups is 1. The molecule has 0 unspecified atom stereocenters. The quantitative estimate of drug-likeness (QED) is 0.871. The molecule has 0 bridgehead atoms. The van der Waals surface area contributed by atoms with Crippen molar-refractivity contribution in [1.82, 2.24) is 20.0 Å². The van der Waals surface area contributed by atoms with Crippen LogP contribution in [0.15, 0.2) is 29.2 Å². The number of aromatic nitrogens is 3. The first kappa shape index (κ1) is 14.7. The summed E-state index contributed by atoms with van der Waals surface area (Å²) < 4.78 is 5.21. The number of likely N-dealkylation sites (tertiary alicyclic amines) is 1. The summed E-state index contributed by atoms with van der Waals surface area (Å²) in [4.78, 5) is 22.9. The summed E-state index contributed by atoms with van der Waals surface area (Å²) in [5.74, 6) is 0.717. The number of hydrogen-bond acceptors (Lipinski definition) is 5. The molecule has 1 aliphatic heterocycles. The van der Waals surface area contributed by atoms with Crippen molar-refractivity contribution < 1.29 is 9.32 Å². The van der Waals surface area contributed by atoms with E-state index in [2.05, 4.69) is 15.1 Å². The van der Waals surface area contributed by atoms with E-state index in [4.69, 9.17) is 4.52 Å². The highest BCUT2D eigenvalue weighted by Crippen LogP contribution is 2.26. The number of carbonyl (C=O) groups excluding carboxylic acids is 1. The molecule has 6 heteroatoms. The van der Waals surface area contributed by atoms with E-state index in [1.807, 2.05) is 18.7 Å². The molecule has 0 aromatic carbocycles. The number of piperidine rings is 1. The molecule has 0 spiro atoms. The molecule has 1 amide bonds. The lowest BCUT2D eigenvalue weighted by Crippen LogP contribution is -2.39. The highest BCUT2D eigenvalue weighted by molar-refractivity contribution is 5.91. The third-order valence-electron chi connectivity index (χ3n) is 4.04. The van der Waals surface area contributed by atoms with Gasteiger partial charge in [0.05, 0.1) is 11.4 Å². The molecule has 2 aromatic heterocycles. The Morgan fingerprint density at radius 1 is 1.41 bits per heavy atom. The van der Waals surface area contributed by atoms with Gasteiger partial charge in [0.1, 0.15) is 0 Å². The highest BCUT2D eigenvalue weighted by atomic mass is 16.5. The molecule has 0 N–H and O–H groups in total. The Kier molecular flexibility index (Phi) is 4.18. The third kappa shape index (κ3) is 3.00. The van der Waals surface area contributed by atoms with E-state index in [1.165, 1.54) is 0 Å². The lowest BCUT2D eigenvalue weighted by Gasteiger charge is -2.31. The van der Waals surface area contributed by atoms with Crippen LogP contribution in [-0.2, 0) is 0 Å². The van der Waals surface area contributed by atoms with Gasteiger partial charge in [-0.15, -0.1) is 0 Å². The molecule has 2 aromatic rings. The average molecular weight is 300 g/mol. The fraction of sp³-hybridized carbons (Fsp3) is 0.500. The molecule has 22 heavy (non-hydrogen) atoms. The summed E-state index contributed by atoms with van der Waals surface area (Å²) >= 11 is 0. The van der Waals surface area contributed by atoms with Crippen LogP contribution in [0.25, 0.3) is 0 Å². The molecule has 3 rings (SSSR count). The van der Waals surface area contributed by atoms with E-state index in [0.29, 0.717) is 12.3 Å². The highest BCUT2D eigenvalue weighted by Gasteiger charge is 2.28. The van der Waals surface area contributed by atoms with Gasteiger partial charge in [-0.05, 0) is 18.8 Å². The molecule has 6 nitrogen and oxygen atoms in total. The van der Waals surface area contributed by atoms with Crippen molar-refractivity contribution in [3.63, 3.8) is 0 Å². The molecular weight excluding hydrogens is 280 g/mol. The van der Waals surface area contributed by atoms with Crippen molar-refractivity contribution in [2.75, 3.05) is 13.1 Å². The molecule has 1 aliphatic rings. The van der Waals surface area contributed by atoms with Gasteiger partial charge in [0.15, 0.2) is 0 Å². The lowest BCUT2D eigenvalue weighted by atomic mass is 9.95. The maximum Gasteiger partial charge on any atom is 0.292 e. The summed E-state index contributed by atoms with van der Waals surface area (Å²) in [6, 6.07) is 1.75. The molecule has 1 fully saturated rings. The fourth-order valence-electron chi connectivity index (χ4n) is 2.74. The number of amides is 1. The predicted octanol–water partition coefficient (Wildman–Crippen LogP) is 2.61. The van der Waals surface area contributed by atoms with Crippen molar-refractivity contribution in [1.29, 1.82) is 0 Å². The van der Waals surface area contributed by atoms with Crippen molar-refractivity contribution in [2.45, 2.75) is 38.5 Å². The summed E-state index contributed by atoms with van der Waals surface area (Å²) in [6.45, 7) is 5.44. The van der Waals surface area contributed by atoms with Gasteiger partial charge in [-0.3, -0.25) is 14.8 Å². The maximum absolute atomic E-state index is 12.6. The normalized spacial score (nSPS) is 18.7. The summed E-state index contributed by atoms with van der Waals surface area (Å²) in [5.41, 5.74) is 1.76. The molecular formula is C16H20N4O2. The Balaban J connectivity index is 1.72. The molecule has 1 atom stereocenters. The minimum absolute atomic E-state index is 0.0898.